The summed E-state index contributed by atoms with van der Waals surface area (Å²) in [5.41, 5.74) is 0. The van der Waals surface area contributed by atoms with Crippen LogP contribution < -0.4 is 15.9 Å². The second-order valence-electron chi connectivity index (χ2n) is 7.67. The van der Waals surface area contributed by atoms with Crippen molar-refractivity contribution in [3.63, 3.8) is 0 Å². The number of allylic oxidation sites excluding steroid dienone is 2. The van der Waals surface area contributed by atoms with Crippen LogP contribution in [0, 0.1) is 0 Å². The molecular formula is C27H32IP. The molecule has 0 spiro atoms. The second-order valence-corrected chi connectivity index (χ2v) is 18.4. The third-order valence-corrected chi connectivity index (χ3v) is 17.4. The Hall–Kier alpha value is -1.44. The third kappa shape index (κ3) is 4.84. The van der Waals surface area contributed by atoms with E-state index in [-0.39, 0.29) is 0 Å². The molecule has 0 radical (unpaired) electrons. The first-order chi connectivity index (χ1) is 14.2. The maximum absolute atomic E-state index is 2.88. The van der Waals surface area contributed by atoms with Gasteiger partial charge in [-0.25, -0.2) is 0 Å². The Bertz CT molecular complexity index is 788. The van der Waals surface area contributed by atoms with Crippen molar-refractivity contribution in [3.8, 4) is 0 Å². The van der Waals surface area contributed by atoms with Crippen molar-refractivity contribution in [1.29, 1.82) is 0 Å². The molecule has 0 aliphatic rings. The zero-order valence-electron chi connectivity index (χ0n) is 17.4. The monoisotopic (exact) mass is 514 g/mol. The van der Waals surface area contributed by atoms with E-state index in [9.17, 15) is 0 Å². The van der Waals surface area contributed by atoms with Gasteiger partial charge in [0, 0.05) is 0 Å². The first-order valence-corrected chi connectivity index (χ1v) is 16.0. The van der Waals surface area contributed by atoms with E-state index in [0.717, 1.165) is 12.6 Å². The predicted octanol–water partition coefficient (Wildman–Crippen LogP) is 7.39. The zero-order chi connectivity index (χ0) is 20.4. The fourth-order valence-electron chi connectivity index (χ4n) is 4.12. The summed E-state index contributed by atoms with van der Waals surface area (Å²) in [5, 5.41) is 4.41. The van der Waals surface area contributed by atoms with Gasteiger partial charge >= 0.3 is 191 Å². The molecule has 0 amide bonds. The molecule has 0 bridgehead atoms. The molecular weight excluding hydrogens is 482 g/mol. The van der Waals surface area contributed by atoms with Crippen LogP contribution in [0.25, 0.3) is 0 Å². The molecule has 0 aliphatic heterocycles. The van der Waals surface area contributed by atoms with Gasteiger partial charge in [0.25, 0.3) is 0 Å². The molecule has 2 heteroatoms. The van der Waals surface area contributed by atoms with Gasteiger partial charge in [-0.1, -0.05) is 0 Å². The molecule has 0 saturated carbocycles. The van der Waals surface area contributed by atoms with E-state index in [2.05, 4.69) is 132 Å². The minimum absolute atomic E-state index is 1.10. The van der Waals surface area contributed by atoms with Crippen molar-refractivity contribution in [2.45, 2.75) is 39.0 Å². The predicted molar refractivity (Wildman–Crippen MR) is 142 cm³/mol. The quantitative estimate of drug-likeness (QED) is 0.115. The van der Waals surface area contributed by atoms with Crippen molar-refractivity contribution in [3.05, 3.63) is 103 Å². The topological polar surface area (TPSA) is 0 Å². The van der Waals surface area contributed by atoms with Gasteiger partial charge in [-0.05, 0) is 0 Å². The number of hydrogen-bond donors (Lipinski definition) is 0. The molecule has 0 nitrogen and oxygen atoms in total. The van der Waals surface area contributed by atoms with E-state index < -0.39 is 4.25 Å². The van der Waals surface area contributed by atoms with Crippen molar-refractivity contribution >= 4 is 42.2 Å². The number of benzene rings is 3. The van der Waals surface area contributed by atoms with Crippen LogP contribution >= 0.6 is 26.3 Å². The fraction of sp³-hybridized carbons (Fsp3) is 0.259. The maximum atomic E-state index is 2.88. The molecule has 0 saturated heterocycles. The number of unbranched alkanes of at least 4 members (excludes halogenated alkanes) is 3. The molecule has 0 fully saturated rings. The summed E-state index contributed by atoms with van der Waals surface area (Å²) in [4.78, 5) is 0. The minimum atomic E-state index is -2.59. The van der Waals surface area contributed by atoms with E-state index in [1.54, 1.807) is 0 Å². The molecule has 0 heterocycles. The summed E-state index contributed by atoms with van der Waals surface area (Å²) in [6, 6.07) is 33.6. The van der Waals surface area contributed by atoms with Gasteiger partial charge in [-0.2, -0.15) is 0 Å². The first kappa shape index (κ1) is 22.2. The third-order valence-electron chi connectivity index (χ3n) is 5.74. The average Bonchev–Trinajstić information content (AvgIpc) is 2.80. The van der Waals surface area contributed by atoms with E-state index in [1.165, 1.54) is 41.6 Å². The van der Waals surface area contributed by atoms with E-state index in [1.807, 2.05) is 0 Å². The standard InChI is InChI=1S/C27H32IP/c1-2-3-4-5-6-7-17-24-29(28,25-18-11-8-12-19-25,26-20-13-9-14-21-26)27-22-15-10-16-23-27/h6-16,18-23H,2-5,17,24H2,1H3/b7-6-. The molecule has 0 N–H and O–H groups in total. The van der Waals surface area contributed by atoms with Crippen LogP contribution in [0.5, 0.6) is 0 Å². The molecule has 3 aromatic rings. The summed E-state index contributed by atoms with van der Waals surface area (Å²) in [6.07, 6.45) is 12.2. The first-order valence-electron chi connectivity index (χ1n) is 10.7. The van der Waals surface area contributed by atoms with Crippen LogP contribution in [0.1, 0.15) is 39.0 Å². The molecule has 3 rings (SSSR count). The summed E-state index contributed by atoms with van der Waals surface area (Å²) in [5.74, 6) is 0. The fourth-order valence-corrected chi connectivity index (χ4v) is 12.5. The van der Waals surface area contributed by atoms with Crippen LogP contribution in [-0.4, -0.2) is 6.16 Å². The number of halogens is 1. The SMILES string of the molecule is CCCCC/C=C\CCP(I)(c1ccccc1)(c1ccccc1)c1ccccc1. The van der Waals surface area contributed by atoms with Crippen LogP contribution in [0.15, 0.2) is 103 Å². The van der Waals surface area contributed by atoms with Crippen LogP contribution in [0.2, 0.25) is 0 Å². The molecule has 0 aliphatic carbocycles. The van der Waals surface area contributed by atoms with Crippen LogP contribution in [-0.2, 0) is 0 Å². The summed E-state index contributed by atoms with van der Waals surface area (Å²) in [7, 11) is 0. The molecule has 3 aromatic carbocycles. The van der Waals surface area contributed by atoms with Crippen molar-refractivity contribution < 1.29 is 0 Å². The molecule has 0 aromatic heterocycles. The summed E-state index contributed by atoms with van der Waals surface area (Å²) in [6.45, 7) is 2.27. The van der Waals surface area contributed by atoms with Gasteiger partial charge in [0.2, 0.25) is 0 Å². The van der Waals surface area contributed by atoms with Crippen molar-refractivity contribution in [1.82, 2.24) is 0 Å². The van der Waals surface area contributed by atoms with E-state index in [0.29, 0.717) is 0 Å². The van der Waals surface area contributed by atoms with Gasteiger partial charge < -0.3 is 0 Å². The summed E-state index contributed by atoms with van der Waals surface area (Å²) < 4.78 is -2.59. The molecule has 29 heavy (non-hydrogen) atoms. The molecule has 0 unspecified atom stereocenters. The average molecular weight is 514 g/mol. The van der Waals surface area contributed by atoms with Crippen LogP contribution in [0.3, 0.4) is 0 Å². The van der Waals surface area contributed by atoms with Crippen LogP contribution in [0.4, 0.5) is 0 Å². The van der Waals surface area contributed by atoms with E-state index in [4.69, 9.17) is 0 Å². The Balaban J connectivity index is 2.07. The van der Waals surface area contributed by atoms with Crippen molar-refractivity contribution in [2.24, 2.45) is 0 Å². The summed E-state index contributed by atoms with van der Waals surface area (Å²) >= 11 is 2.88. The van der Waals surface area contributed by atoms with Gasteiger partial charge in [0.05, 0.1) is 0 Å². The van der Waals surface area contributed by atoms with Gasteiger partial charge in [-0.15, -0.1) is 0 Å². The normalized spacial score (nSPS) is 13.2. The number of hydrogen-bond acceptors (Lipinski definition) is 0. The Morgan fingerprint density at radius 3 is 1.45 bits per heavy atom. The Morgan fingerprint density at radius 2 is 1.03 bits per heavy atom. The second kappa shape index (κ2) is 10.5. The zero-order valence-corrected chi connectivity index (χ0v) is 20.4. The Labute approximate surface area is 189 Å². The molecule has 152 valence electrons. The Kier molecular flexibility index (Phi) is 8.09. The van der Waals surface area contributed by atoms with E-state index >= 15 is 0 Å². The Morgan fingerprint density at radius 1 is 0.621 bits per heavy atom. The van der Waals surface area contributed by atoms with Gasteiger partial charge in [0.1, 0.15) is 0 Å². The van der Waals surface area contributed by atoms with Crippen molar-refractivity contribution in [2.75, 3.05) is 6.16 Å². The number of rotatable bonds is 10. The van der Waals surface area contributed by atoms with Gasteiger partial charge in [-0.3, -0.25) is 0 Å². The molecule has 0 atom stereocenters. The van der Waals surface area contributed by atoms with Gasteiger partial charge in [0.15, 0.2) is 0 Å².